The molecule has 0 radical (unpaired) electrons. The lowest BCUT2D eigenvalue weighted by molar-refractivity contribution is 0.444. The average Bonchev–Trinajstić information content (AvgIpc) is 2.46. The highest BCUT2D eigenvalue weighted by molar-refractivity contribution is 6.32. The highest BCUT2D eigenvalue weighted by atomic mass is 35.5. The van der Waals surface area contributed by atoms with Gasteiger partial charge in [-0.2, -0.15) is 0 Å². The van der Waals surface area contributed by atoms with Gasteiger partial charge in [0.15, 0.2) is 0 Å². The average molecular weight is 287 g/mol. The predicted octanol–water partition coefficient (Wildman–Crippen LogP) is 4.95. The van der Waals surface area contributed by atoms with Gasteiger partial charge in [0.2, 0.25) is 0 Å². The highest BCUT2D eigenvalue weighted by Crippen LogP contribution is 2.23. The van der Waals surface area contributed by atoms with Crippen molar-refractivity contribution in [2.24, 2.45) is 4.99 Å². The molecular weight excluding hydrogens is 268 g/mol. The molecule has 0 spiro atoms. The van der Waals surface area contributed by atoms with Crippen molar-refractivity contribution in [2.75, 3.05) is 0 Å². The molecule has 0 N–H and O–H groups in total. The van der Waals surface area contributed by atoms with Gasteiger partial charge in [-0.05, 0) is 38.0 Å². The van der Waals surface area contributed by atoms with Gasteiger partial charge in [0.1, 0.15) is 5.15 Å². The molecule has 1 aromatic carbocycles. The molecule has 3 rings (SSSR count). The van der Waals surface area contributed by atoms with E-state index in [2.05, 4.69) is 30.1 Å². The van der Waals surface area contributed by atoms with Crippen molar-refractivity contribution in [1.29, 1.82) is 0 Å². The van der Waals surface area contributed by atoms with E-state index in [9.17, 15) is 0 Å². The summed E-state index contributed by atoms with van der Waals surface area (Å²) in [7, 11) is 0. The predicted molar refractivity (Wildman–Crippen MR) is 86.0 cm³/mol. The Bertz CT molecular complexity index is 643. The normalized spacial score (nSPS) is 17.1. The lowest BCUT2D eigenvalue weighted by Crippen LogP contribution is -2.09. The van der Waals surface area contributed by atoms with Gasteiger partial charge in [-0.1, -0.05) is 42.5 Å². The molecule has 0 atom stereocenters. The Hall–Kier alpha value is -1.41. The van der Waals surface area contributed by atoms with E-state index in [1.165, 1.54) is 37.7 Å². The molecule has 104 valence electrons. The number of nitrogens with zero attached hydrogens (tertiary/aromatic N) is 2. The van der Waals surface area contributed by atoms with Crippen molar-refractivity contribution in [1.82, 2.24) is 4.98 Å². The second-order valence-corrected chi connectivity index (χ2v) is 5.99. The highest BCUT2D eigenvalue weighted by Gasteiger charge is 2.11. The van der Waals surface area contributed by atoms with Crippen LogP contribution in [-0.2, 0) is 0 Å². The monoisotopic (exact) mass is 286 g/mol. The molecule has 3 heteroatoms. The summed E-state index contributed by atoms with van der Waals surface area (Å²) in [5.74, 6) is 0. The molecule has 0 amide bonds. The first kappa shape index (κ1) is 13.6. The van der Waals surface area contributed by atoms with E-state index in [0.29, 0.717) is 11.2 Å². The van der Waals surface area contributed by atoms with Crippen molar-refractivity contribution in [2.45, 2.75) is 45.1 Å². The van der Waals surface area contributed by atoms with Gasteiger partial charge in [0, 0.05) is 23.2 Å². The maximum absolute atomic E-state index is 6.26. The fourth-order valence-corrected chi connectivity index (χ4v) is 2.99. The molecule has 0 unspecified atom stereocenters. The van der Waals surface area contributed by atoms with Crippen LogP contribution in [0, 0.1) is 6.92 Å². The lowest BCUT2D eigenvalue weighted by atomic mass is 9.96. The first-order valence-electron chi connectivity index (χ1n) is 7.32. The van der Waals surface area contributed by atoms with E-state index in [0.717, 1.165) is 16.5 Å². The standard InChI is InChI=1S/C17H19ClN2/c1-12-7-8-16-13(9-12)10-14(17(18)20-16)11-19-15-5-3-2-4-6-15/h7-11,15H,2-6H2,1H3. The zero-order valence-corrected chi connectivity index (χ0v) is 12.5. The molecule has 1 heterocycles. The zero-order valence-electron chi connectivity index (χ0n) is 11.8. The number of benzene rings is 1. The summed E-state index contributed by atoms with van der Waals surface area (Å²) >= 11 is 6.26. The smallest absolute Gasteiger partial charge is 0.138 e. The van der Waals surface area contributed by atoms with Crippen LogP contribution in [-0.4, -0.2) is 17.2 Å². The van der Waals surface area contributed by atoms with E-state index in [1.807, 2.05) is 12.3 Å². The molecule has 20 heavy (non-hydrogen) atoms. The van der Waals surface area contributed by atoms with E-state index >= 15 is 0 Å². The van der Waals surface area contributed by atoms with Gasteiger partial charge in [0.05, 0.1) is 5.52 Å². The third-order valence-electron chi connectivity index (χ3n) is 3.95. The first-order valence-corrected chi connectivity index (χ1v) is 7.70. The minimum Gasteiger partial charge on any atom is -0.289 e. The summed E-state index contributed by atoms with van der Waals surface area (Å²) in [6.45, 7) is 2.09. The Morgan fingerprint density at radius 3 is 2.80 bits per heavy atom. The van der Waals surface area contributed by atoms with Gasteiger partial charge in [-0.3, -0.25) is 4.99 Å². The van der Waals surface area contributed by atoms with Crippen LogP contribution in [0.15, 0.2) is 29.3 Å². The summed E-state index contributed by atoms with van der Waals surface area (Å²) in [5.41, 5.74) is 3.10. The molecule has 2 nitrogen and oxygen atoms in total. The third-order valence-corrected chi connectivity index (χ3v) is 4.25. The number of aliphatic imine (C=N–C) groups is 1. The fraction of sp³-hybridized carbons (Fsp3) is 0.412. The minimum absolute atomic E-state index is 0.466. The molecule has 2 aromatic rings. The van der Waals surface area contributed by atoms with Gasteiger partial charge in [-0.15, -0.1) is 0 Å². The Morgan fingerprint density at radius 2 is 2.00 bits per heavy atom. The van der Waals surface area contributed by atoms with Gasteiger partial charge < -0.3 is 0 Å². The van der Waals surface area contributed by atoms with Gasteiger partial charge in [-0.25, -0.2) is 4.98 Å². The summed E-state index contributed by atoms with van der Waals surface area (Å²) in [6, 6.07) is 8.76. The molecular formula is C17H19ClN2. The maximum atomic E-state index is 6.26. The molecule has 1 aliphatic rings. The summed E-state index contributed by atoms with van der Waals surface area (Å²) in [4.78, 5) is 9.15. The Labute approximate surface area is 124 Å². The third kappa shape index (κ3) is 3.01. The quantitative estimate of drug-likeness (QED) is 0.566. The number of hydrogen-bond donors (Lipinski definition) is 0. The van der Waals surface area contributed by atoms with Crippen LogP contribution in [0.2, 0.25) is 5.15 Å². The Morgan fingerprint density at radius 1 is 1.20 bits per heavy atom. The van der Waals surface area contributed by atoms with Crippen LogP contribution in [0.1, 0.15) is 43.2 Å². The molecule has 0 aliphatic heterocycles. The van der Waals surface area contributed by atoms with Crippen LogP contribution >= 0.6 is 11.6 Å². The van der Waals surface area contributed by atoms with E-state index in [4.69, 9.17) is 16.6 Å². The number of hydrogen-bond acceptors (Lipinski definition) is 2. The summed E-state index contributed by atoms with van der Waals surface area (Å²) in [6.07, 6.45) is 8.26. The number of fused-ring (bicyclic) bond motifs is 1. The van der Waals surface area contributed by atoms with Crippen molar-refractivity contribution >= 4 is 28.7 Å². The number of halogens is 1. The second-order valence-electron chi connectivity index (χ2n) is 5.63. The van der Waals surface area contributed by atoms with Crippen LogP contribution in [0.3, 0.4) is 0 Å². The van der Waals surface area contributed by atoms with E-state index in [1.54, 1.807) is 0 Å². The molecule has 1 aliphatic carbocycles. The van der Waals surface area contributed by atoms with Crippen molar-refractivity contribution in [3.8, 4) is 0 Å². The lowest BCUT2D eigenvalue weighted by Gasteiger charge is -2.17. The SMILES string of the molecule is Cc1ccc2nc(Cl)c(C=NC3CCCCC3)cc2c1. The van der Waals surface area contributed by atoms with Crippen molar-refractivity contribution < 1.29 is 0 Å². The van der Waals surface area contributed by atoms with Crippen molar-refractivity contribution in [3.05, 3.63) is 40.5 Å². The summed E-state index contributed by atoms with van der Waals surface area (Å²) in [5, 5.41) is 1.67. The number of pyridine rings is 1. The summed E-state index contributed by atoms with van der Waals surface area (Å²) < 4.78 is 0. The number of rotatable bonds is 2. The topological polar surface area (TPSA) is 25.2 Å². The van der Waals surface area contributed by atoms with E-state index < -0.39 is 0 Å². The Balaban J connectivity index is 1.90. The number of aryl methyl sites for hydroxylation is 1. The molecule has 1 fully saturated rings. The molecule has 0 bridgehead atoms. The van der Waals surface area contributed by atoms with Crippen LogP contribution in [0.25, 0.3) is 10.9 Å². The largest absolute Gasteiger partial charge is 0.289 e. The van der Waals surface area contributed by atoms with Crippen LogP contribution in [0.5, 0.6) is 0 Å². The molecule has 1 aromatic heterocycles. The molecule has 0 saturated heterocycles. The zero-order chi connectivity index (χ0) is 13.9. The van der Waals surface area contributed by atoms with Gasteiger partial charge >= 0.3 is 0 Å². The number of aromatic nitrogens is 1. The maximum Gasteiger partial charge on any atom is 0.138 e. The minimum atomic E-state index is 0.466. The van der Waals surface area contributed by atoms with Crippen LogP contribution in [0.4, 0.5) is 0 Å². The van der Waals surface area contributed by atoms with E-state index in [-0.39, 0.29) is 0 Å². The van der Waals surface area contributed by atoms with Gasteiger partial charge in [0.25, 0.3) is 0 Å². The second kappa shape index (κ2) is 5.92. The Kier molecular flexibility index (Phi) is 4.02. The van der Waals surface area contributed by atoms with Crippen LogP contribution < -0.4 is 0 Å². The van der Waals surface area contributed by atoms with Crippen molar-refractivity contribution in [3.63, 3.8) is 0 Å². The molecule has 1 saturated carbocycles. The fourth-order valence-electron chi connectivity index (χ4n) is 2.80. The first-order chi connectivity index (χ1) is 9.72.